The molecule has 1 aromatic carbocycles. The summed E-state index contributed by atoms with van der Waals surface area (Å²) in [7, 11) is 0. The van der Waals surface area contributed by atoms with Crippen molar-refractivity contribution < 1.29 is 0 Å². The van der Waals surface area contributed by atoms with Gasteiger partial charge in [-0.2, -0.15) is 10.1 Å². The van der Waals surface area contributed by atoms with E-state index in [1.807, 2.05) is 48.7 Å². The molecule has 32 heavy (non-hydrogen) atoms. The summed E-state index contributed by atoms with van der Waals surface area (Å²) in [5, 5.41) is 5.88. The fourth-order valence-electron chi connectivity index (χ4n) is 4.09. The number of benzene rings is 1. The second kappa shape index (κ2) is 9.71. The van der Waals surface area contributed by atoms with Gasteiger partial charge in [0, 0.05) is 30.1 Å². The highest BCUT2D eigenvalue weighted by Crippen LogP contribution is 2.34. The van der Waals surface area contributed by atoms with E-state index in [9.17, 15) is 0 Å². The average Bonchev–Trinajstić information content (AvgIpc) is 2.80. The second-order valence-electron chi connectivity index (χ2n) is 8.04. The van der Waals surface area contributed by atoms with Crippen LogP contribution in [-0.4, -0.2) is 24.0 Å². The van der Waals surface area contributed by atoms with Gasteiger partial charge in [-0.1, -0.05) is 62.1 Å². The molecule has 2 aromatic rings. The molecule has 0 saturated heterocycles. The predicted molar refractivity (Wildman–Crippen MR) is 136 cm³/mol. The number of allylic oxidation sites excluding steroid dienone is 5. The van der Waals surface area contributed by atoms with Crippen LogP contribution in [-0.2, 0) is 0 Å². The van der Waals surface area contributed by atoms with Crippen LogP contribution >= 0.6 is 0 Å². The van der Waals surface area contributed by atoms with Gasteiger partial charge in [0.15, 0.2) is 11.6 Å². The Labute approximate surface area is 190 Å². The number of rotatable bonds is 7. The molecule has 2 N–H and O–H groups in total. The molecule has 162 valence electrons. The maximum Gasteiger partial charge on any atom is 0.165 e. The number of aromatic nitrogens is 1. The summed E-state index contributed by atoms with van der Waals surface area (Å²) in [5.41, 5.74) is 11.1. The molecule has 4 rings (SSSR count). The first-order valence-electron chi connectivity index (χ1n) is 11.0. The second-order valence-corrected chi connectivity index (χ2v) is 8.04. The zero-order chi connectivity index (χ0) is 22.5. The molecule has 1 aliphatic carbocycles. The fourth-order valence-corrected chi connectivity index (χ4v) is 4.09. The van der Waals surface area contributed by atoms with Gasteiger partial charge >= 0.3 is 0 Å². The molecule has 1 saturated carbocycles. The Bertz CT molecular complexity index is 1120. The number of hydrogen-bond donors (Lipinski definition) is 1. The lowest BCUT2D eigenvalue weighted by molar-refractivity contribution is 0.313. The largest absolute Gasteiger partial charge is 0.328 e. The summed E-state index contributed by atoms with van der Waals surface area (Å²) >= 11 is 0. The van der Waals surface area contributed by atoms with Gasteiger partial charge in [-0.25, -0.2) is 9.98 Å². The summed E-state index contributed by atoms with van der Waals surface area (Å²) in [6.45, 7) is 9.78. The molecule has 0 unspecified atom stereocenters. The topological polar surface area (TPSA) is 66.9 Å². The molecule has 0 spiro atoms. The van der Waals surface area contributed by atoms with Crippen molar-refractivity contribution in [3.8, 4) is 11.1 Å². The molecule has 1 fully saturated rings. The normalized spacial score (nSPS) is 21.5. The number of pyridine rings is 1. The van der Waals surface area contributed by atoms with Crippen LogP contribution in [0.15, 0.2) is 88.8 Å². The standard InChI is InChI=1S/C27H29N5/c1-4-10-26-30-18-22-17-24(20-11-7-6-8-12-20)25(31-27(22)32(26)29-3)14-9-13-19(5-2)21-15-23(28)16-21/h5-14,17-18,21,23H,2-4,15-16,28H2,1H3/b14-9+,19-13+,26-10-. The van der Waals surface area contributed by atoms with Gasteiger partial charge in [0.25, 0.3) is 0 Å². The highest BCUT2D eigenvalue weighted by molar-refractivity contribution is 5.93. The lowest BCUT2D eigenvalue weighted by Gasteiger charge is -2.33. The maximum atomic E-state index is 5.97. The molecule has 5 nitrogen and oxygen atoms in total. The smallest absolute Gasteiger partial charge is 0.165 e. The minimum absolute atomic E-state index is 0.309. The molecule has 1 aliphatic heterocycles. The van der Waals surface area contributed by atoms with E-state index in [-0.39, 0.29) is 0 Å². The van der Waals surface area contributed by atoms with Crippen molar-refractivity contribution in [2.24, 2.45) is 21.7 Å². The van der Waals surface area contributed by atoms with Gasteiger partial charge in [-0.05, 0) is 54.5 Å². The minimum atomic E-state index is 0.309. The van der Waals surface area contributed by atoms with E-state index in [0.29, 0.717) is 12.0 Å². The van der Waals surface area contributed by atoms with Gasteiger partial charge in [0.1, 0.15) is 0 Å². The Morgan fingerprint density at radius 3 is 2.72 bits per heavy atom. The Kier molecular flexibility index (Phi) is 6.57. The number of nitrogens with two attached hydrogens (primary N) is 1. The van der Waals surface area contributed by atoms with Crippen molar-refractivity contribution in [3.63, 3.8) is 0 Å². The molecule has 0 radical (unpaired) electrons. The third-order valence-electron chi connectivity index (χ3n) is 5.85. The van der Waals surface area contributed by atoms with Crippen molar-refractivity contribution >= 4 is 24.8 Å². The van der Waals surface area contributed by atoms with Gasteiger partial charge < -0.3 is 5.73 Å². The number of fused-ring (bicyclic) bond motifs is 1. The van der Waals surface area contributed by atoms with Crippen molar-refractivity contribution in [1.82, 2.24) is 4.98 Å². The first-order chi connectivity index (χ1) is 15.6. The summed E-state index contributed by atoms with van der Waals surface area (Å²) in [5.74, 6) is 1.96. The predicted octanol–water partition coefficient (Wildman–Crippen LogP) is 5.72. The van der Waals surface area contributed by atoms with Crippen LogP contribution in [0.1, 0.15) is 37.4 Å². The lowest BCUT2D eigenvalue weighted by Crippen LogP contribution is -2.36. The van der Waals surface area contributed by atoms with E-state index in [1.165, 1.54) is 5.57 Å². The zero-order valence-electron chi connectivity index (χ0n) is 18.5. The Morgan fingerprint density at radius 2 is 2.06 bits per heavy atom. The number of hydrazone groups is 1. The van der Waals surface area contributed by atoms with Crippen LogP contribution in [0, 0.1) is 5.92 Å². The van der Waals surface area contributed by atoms with Crippen molar-refractivity contribution in [3.05, 3.63) is 89.9 Å². The third kappa shape index (κ3) is 4.39. The summed E-state index contributed by atoms with van der Waals surface area (Å²) < 4.78 is 0. The Morgan fingerprint density at radius 1 is 1.28 bits per heavy atom. The number of nitrogens with zero attached hydrogens (tertiary/aromatic N) is 4. The maximum absolute atomic E-state index is 5.97. The van der Waals surface area contributed by atoms with Crippen LogP contribution in [0.25, 0.3) is 17.2 Å². The third-order valence-corrected chi connectivity index (χ3v) is 5.85. The van der Waals surface area contributed by atoms with Crippen molar-refractivity contribution in [2.75, 3.05) is 5.01 Å². The van der Waals surface area contributed by atoms with Crippen LogP contribution < -0.4 is 10.7 Å². The Hall–Kier alpha value is -3.57. The molecule has 0 atom stereocenters. The van der Waals surface area contributed by atoms with E-state index in [4.69, 9.17) is 10.7 Å². The summed E-state index contributed by atoms with van der Waals surface area (Å²) in [4.78, 5) is 9.54. The molecule has 0 amide bonds. The summed E-state index contributed by atoms with van der Waals surface area (Å²) in [6, 6.07) is 12.7. The quantitative estimate of drug-likeness (QED) is 0.458. The van der Waals surface area contributed by atoms with Crippen molar-refractivity contribution in [1.29, 1.82) is 0 Å². The molecule has 2 aliphatic rings. The lowest BCUT2D eigenvalue weighted by atomic mass is 9.76. The van der Waals surface area contributed by atoms with E-state index in [1.54, 1.807) is 5.01 Å². The number of anilines is 1. The van der Waals surface area contributed by atoms with E-state index in [2.05, 4.69) is 54.6 Å². The fraction of sp³-hybridized carbons (Fsp3) is 0.222. The van der Waals surface area contributed by atoms with Gasteiger partial charge in [0.05, 0.1) is 5.69 Å². The monoisotopic (exact) mass is 423 g/mol. The molecule has 2 heterocycles. The SMILES string of the molecule is C=C/C(=C\C=C\c1nc2c(cc1-c1ccccc1)C=N/C(=C/CC)N2N=C)C1CC(N)C1. The number of aliphatic imine (C=N–C) groups is 1. The van der Waals surface area contributed by atoms with Gasteiger partial charge in [-0.15, -0.1) is 0 Å². The molecule has 1 aromatic heterocycles. The van der Waals surface area contributed by atoms with Crippen molar-refractivity contribution in [2.45, 2.75) is 32.2 Å². The van der Waals surface area contributed by atoms with E-state index < -0.39 is 0 Å². The molecule has 0 bridgehead atoms. The highest BCUT2D eigenvalue weighted by atomic mass is 15.5. The van der Waals surface area contributed by atoms with Crippen LogP contribution in [0.3, 0.4) is 0 Å². The zero-order valence-corrected chi connectivity index (χ0v) is 18.5. The van der Waals surface area contributed by atoms with Crippen LogP contribution in [0.2, 0.25) is 0 Å². The average molecular weight is 424 g/mol. The molecular weight excluding hydrogens is 394 g/mol. The van der Waals surface area contributed by atoms with Crippen LogP contribution in [0.4, 0.5) is 5.82 Å². The Balaban J connectivity index is 1.77. The van der Waals surface area contributed by atoms with Gasteiger partial charge in [-0.3, -0.25) is 0 Å². The molecule has 5 heteroatoms. The first-order valence-corrected chi connectivity index (χ1v) is 11.0. The van der Waals surface area contributed by atoms with Gasteiger partial charge in [0.2, 0.25) is 0 Å². The van der Waals surface area contributed by atoms with E-state index in [0.717, 1.165) is 53.3 Å². The van der Waals surface area contributed by atoms with E-state index >= 15 is 0 Å². The minimum Gasteiger partial charge on any atom is -0.328 e. The number of hydrogen-bond acceptors (Lipinski definition) is 5. The summed E-state index contributed by atoms with van der Waals surface area (Å²) in [6.07, 6.45) is 14.9. The molecular formula is C27H29N5. The van der Waals surface area contributed by atoms with Crippen LogP contribution in [0.5, 0.6) is 0 Å². The highest BCUT2D eigenvalue weighted by Gasteiger charge is 2.27. The first kappa shape index (κ1) is 21.7.